The lowest BCUT2D eigenvalue weighted by Crippen LogP contribution is -1.60. The Hall–Kier alpha value is 0.0200. The van der Waals surface area contributed by atoms with Crippen molar-refractivity contribution in [2.45, 2.75) is 13.0 Å². The summed E-state index contributed by atoms with van der Waals surface area (Å²) in [5, 5.41) is 0. The highest BCUT2D eigenvalue weighted by molar-refractivity contribution is 9.11. The van der Waals surface area contributed by atoms with E-state index in [9.17, 15) is 0 Å². The van der Waals surface area contributed by atoms with E-state index in [0.717, 1.165) is 5.76 Å². The van der Waals surface area contributed by atoms with Gasteiger partial charge in [-0.3, -0.25) is 0 Å². The molecule has 1 unspecified atom stereocenters. The summed E-state index contributed by atoms with van der Waals surface area (Å²) in [7, 11) is 0. The minimum absolute atomic E-state index is 0.379. The molecule has 1 rings (SSSR count). The van der Waals surface area contributed by atoms with Crippen LogP contribution in [0.1, 0.15) is 6.92 Å². The zero-order valence-electron chi connectivity index (χ0n) is 3.44. The van der Waals surface area contributed by atoms with Crippen molar-refractivity contribution in [1.82, 2.24) is 0 Å². The molecule has 0 aromatic heterocycles. The zero-order valence-corrected chi connectivity index (χ0v) is 5.03. The van der Waals surface area contributed by atoms with Crippen molar-refractivity contribution in [3.05, 3.63) is 10.7 Å². The molecule has 1 nitrogen and oxygen atoms in total. The first-order valence-corrected chi connectivity index (χ1v) is 2.73. The van der Waals surface area contributed by atoms with E-state index < -0.39 is 0 Å². The van der Waals surface area contributed by atoms with Gasteiger partial charge in [0.25, 0.3) is 0 Å². The molecule has 0 amide bonds. The largest absolute Gasteiger partial charge is 0.483 e. The molecule has 1 atom stereocenters. The van der Waals surface area contributed by atoms with Gasteiger partial charge in [-0.15, -0.1) is 0 Å². The van der Waals surface area contributed by atoms with Gasteiger partial charge in [0.1, 0.15) is 5.76 Å². The maximum absolute atomic E-state index is 4.88. The highest BCUT2D eigenvalue weighted by Crippen LogP contribution is 2.26. The van der Waals surface area contributed by atoms with E-state index in [0.29, 0.717) is 6.10 Å². The number of hydrogen-bond acceptors (Lipinski definition) is 1. The van der Waals surface area contributed by atoms with E-state index in [4.69, 9.17) is 4.74 Å². The molecule has 2 heteroatoms. The summed E-state index contributed by atoms with van der Waals surface area (Å²) in [5.41, 5.74) is 0. The number of rotatable bonds is 0. The monoisotopic (exact) mass is 148 g/mol. The summed E-state index contributed by atoms with van der Waals surface area (Å²) < 4.78 is 4.88. The van der Waals surface area contributed by atoms with Crippen molar-refractivity contribution in [2.75, 3.05) is 0 Å². The van der Waals surface area contributed by atoms with Crippen molar-refractivity contribution in [3.8, 4) is 0 Å². The molecule has 0 aromatic carbocycles. The Morgan fingerprint density at radius 1 is 2.00 bits per heavy atom. The van der Waals surface area contributed by atoms with Crippen molar-refractivity contribution >= 4 is 15.9 Å². The van der Waals surface area contributed by atoms with Crippen molar-refractivity contribution in [1.29, 1.82) is 0 Å². The fraction of sp³-hybridized carbons (Fsp3) is 0.500. The number of epoxide rings is 1. The van der Waals surface area contributed by atoms with E-state index in [1.54, 1.807) is 4.99 Å². The Balaban J connectivity index is 2.44. The summed E-state index contributed by atoms with van der Waals surface area (Å²) in [4.78, 5) is 1.80. The molecule has 1 heterocycles. The normalized spacial score (nSPS) is 36.3. The number of hydrogen-bond donors (Lipinski definition) is 0. The Morgan fingerprint density at radius 2 is 2.50 bits per heavy atom. The first-order valence-electron chi connectivity index (χ1n) is 1.81. The van der Waals surface area contributed by atoms with Crippen LogP contribution in [0.2, 0.25) is 0 Å². The lowest BCUT2D eigenvalue weighted by atomic mass is 10.5. The van der Waals surface area contributed by atoms with Gasteiger partial charge in [-0.25, -0.2) is 0 Å². The molecule has 0 bridgehead atoms. The molecule has 6 heavy (non-hydrogen) atoms. The van der Waals surface area contributed by atoms with Crippen LogP contribution < -0.4 is 0 Å². The first kappa shape index (κ1) is 4.19. The smallest absolute Gasteiger partial charge is 0.153 e. The summed E-state index contributed by atoms with van der Waals surface area (Å²) in [6, 6.07) is 0. The van der Waals surface area contributed by atoms with E-state index in [1.807, 2.05) is 6.92 Å². The third kappa shape index (κ3) is 0.570. The molecule has 0 aromatic rings. The minimum Gasteiger partial charge on any atom is -0.483 e. The van der Waals surface area contributed by atoms with Crippen LogP contribution in [-0.2, 0) is 4.74 Å². The SMILES string of the molecule is CC1OC1=CBr. The van der Waals surface area contributed by atoms with Gasteiger partial charge < -0.3 is 4.74 Å². The Morgan fingerprint density at radius 3 is 2.50 bits per heavy atom. The van der Waals surface area contributed by atoms with Crippen LogP contribution in [0.3, 0.4) is 0 Å². The molecule has 0 N–H and O–H groups in total. The van der Waals surface area contributed by atoms with Gasteiger partial charge in [0, 0.05) is 4.99 Å². The Kier molecular flexibility index (Phi) is 0.880. The second kappa shape index (κ2) is 1.26. The van der Waals surface area contributed by atoms with Crippen LogP contribution in [0.25, 0.3) is 0 Å². The molecule has 0 spiro atoms. The molecule has 1 aliphatic rings. The Labute approximate surface area is 45.1 Å². The molecule has 0 saturated carbocycles. The van der Waals surface area contributed by atoms with E-state index in [1.165, 1.54) is 0 Å². The van der Waals surface area contributed by atoms with Gasteiger partial charge in [-0.05, 0) is 6.92 Å². The Bertz CT molecular complexity index is 87.5. The maximum Gasteiger partial charge on any atom is 0.153 e. The van der Waals surface area contributed by atoms with Crippen LogP contribution >= 0.6 is 15.9 Å². The van der Waals surface area contributed by atoms with E-state index in [2.05, 4.69) is 15.9 Å². The summed E-state index contributed by atoms with van der Waals surface area (Å²) in [6.07, 6.45) is 0.379. The van der Waals surface area contributed by atoms with Gasteiger partial charge in [-0.1, -0.05) is 15.9 Å². The molecule has 34 valence electrons. The van der Waals surface area contributed by atoms with Crippen LogP contribution in [0, 0.1) is 0 Å². The van der Waals surface area contributed by atoms with Crippen molar-refractivity contribution in [2.24, 2.45) is 0 Å². The van der Waals surface area contributed by atoms with Gasteiger partial charge in [0.05, 0.1) is 0 Å². The van der Waals surface area contributed by atoms with Crippen LogP contribution in [0.15, 0.2) is 10.7 Å². The molecular weight excluding hydrogens is 144 g/mol. The minimum atomic E-state index is 0.379. The summed E-state index contributed by atoms with van der Waals surface area (Å²) >= 11 is 3.13. The molecule has 0 radical (unpaired) electrons. The third-order valence-corrected chi connectivity index (χ3v) is 1.22. The van der Waals surface area contributed by atoms with Crippen molar-refractivity contribution < 1.29 is 4.74 Å². The van der Waals surface area contributed by atoms with Crippen LogP contribution in [-0.4, -0.2) is 6.10 Å². The molecule has 1 saturated heterocycles. The predicted octanol–water partition coefficient (Wildman–Crippen LogP) is 1.64. The fourth-order valence-corrected chi connectivity index (χ4v) is 0.765. The molecule has 1 aliphatic heterocycles. The van der Waals surface area contributed by atoms with E-state index >= 15 is 0 Å². The average molecular weight is 149 g/mol. The van der Waals surface area contributed by atoms with Gasteiger partial charge >= 0.3 is 0 Å². The number of ether oxygens (including phenoxy) is 1. The van der Waals surface area contributed by atoms with Gasteiger partial charge in [0.2, 0.25) is 0 Å². The summed E-state index contributed by atoms with van der Waals surface area (Å²) in [5.74, 6) is 1.05. The highest BCUT2D eigenvalue weighted by Gasteiger charge is 2.25. The lowest BCUT2D eigenvalue weighted by molar-refractivity contribution is 0.445. The first-order chi connectivity index (χ1) is 2.84. The topological polar surface area (TPSA) is 12.5 Å². The standard InChI is InChI=1S/C4H5BrO/c1-3-4(2-5)6-3/h2-3H,1H3. The molecule has 1 fully saturated rings. The van der Waals surface area contributed by atoms with Crippen LogP contribution in [0.5, 0.6) is 0 Å². The average Bonchev–Trinajstić information content (AvgIpc) is 2.19. The van der Waals surface area contributed by atoms with Crippen LogP contribution in [0.4, 0.5) is 0 Å². The second-order valence-corrected chi connectivity index (χ2v) is 1.73. The predicted molar refractivity (Wildman–Crippen MR) is 27.6 cm³/mol. The molecular formula is C4H5BrO. The second-order valence-electron chi connectivity index (χ2n) is 1.27. The lowest BCUT2D eigenvalue weighted by Gasteiger charge is -1.50. The fourth-order valence-electron chi connectivity index (χ4n) is 0.285. The van der Waals surface area contributed by atoms with Crippen molar-refractivity contribution in [3.63, 3.8) is 0 Å². The van der Waals surface area contributed by atoms with Gasteiger partial charge in [0.15, 0.2) is 6.10 Å². The highest BCUT2D eigenvalue weighted by atomic mass is 79.9. The maximum atomic E-state index is 4.88. The van der Waals surface area contributed by atoms with E-state index in [-0.39, 0.29) is 0 Å². The summed E-state index contributed by atoms with van der Waals surface area (Å²) in [6.45, 7) is 2.01. The van der Waals surface area contributed by atoms with Gasteiger partial charge in [-0.2, -0.15) is 0 Å². The third-order valence-electron chi connectivity index (χ3n) is 0.764. The zero-order chi connectivity index (χ0) is 4.57. The molecule has 0 aliphatic carbocycles. The quantitative estimate of drug-likeness (QED) is 0.477. The number of halogens is 1.